The van der Waals surface area contributed by atoms with Gasteiger partial charge in [0.15, 0.2) is 5.11 Å². The Hall–Kier alpha value is -4.70. The van der Waals surface area contributed by atoms with Crippen LogP contribution in [-0.2, 0) is 0 Å². The molecule has 0 bridgehead atoms. The second-order valence-corrected chi connectivity index (χ2v) is 9.46. The number of carboxylic acid groups (broad SMARTS) is 2. The Morgan fingerprint density at radius 2 is 1.69 bits per heavy atom. The van der Waals surface area contributed by atoms with E-state index in [2.05, 4.69) is 20.5 Å². The van der Waals surface area contributed by atoms with E-state index in [1.54, 1.807) is 12.3 Å². The summed E-state index contributed by atoms with van der Waals surface area (Å²) in [6.07, 6.45) is 2.53. The highest BCUT2D eigenvalue weighted by Gasteiger charge is 2.41. The fourth-order valence-electron chi connectivity index (χ4n) is 4.68. The van der Waals surface area contributed by atoms with E-state index < -0.39 is 11.9 Å². The number of benzene rings is 2. The summed E-state index contributed by atoms with van der Waals surface area (Å²) in [6.45, 7) is 1.39. The zero-order chi connectivity index (χ0) is 27.4. The van der Waals surface area contributed by atoms with Gasteiger partial charge in [-0.1, -0.05) is 24.3 Å². The lowest BCUT2D eigenvalue weighted by atomic mass is 10.0. The molecule has 0 spiro atoms. The molecule has 9 nitrogen and oxygen atoms in total. The first kappa shape index (κ1) is 25.9. The van der Waals surface area contributed by atoms with Gasteiger partial charge in [0.25, 0.3) is 0 Å². The number of thiocarbonyl (C=S) groups is 1. The van der Waals surface area contributed by atoms with Crippen molar-refractivity contribution in [2.45, 2.75) is 18.5 Å². The first-order chi connectivity index (χ1) is 18.9. The van der Waals surface area contributed by atoms with Crippen LogP contribution in [0.4, 0.5) is 5.69 Å². The molecule has 5 rings (SSSR count). The topological polar surface area (TPSA) is 128 Å². The molecule has 4 N–H and O–H groups in total. The summed E-state index contributed by atoms with van der Waals surface area (Å²) in [5, 5.41) is 26.3. The largest absolute Gasteiger partial charge is 0.478 e. The molecular weight excluding hydrogens is 516 g/mol. The maximum atomic E-state index is 11.6. The number of carboxylic acids is 2. The van der Waals surface area contributed by atoms with Gasteiger partial charge < -0.3 is 30.2 Å². The molecule has 1 fully saturated rings. The van der Waals surface area contributed by atoms with Gasteiger partial charge in [-0.25, -0.2) is 9.59 Å². The van der Waals surface area contributed by atoms with E-state index in [1.807, 2.05) is 54.6 Å². The van der Waals surface area contributed by atoms with Crippen molar-refractivity contribution in [2.75, 3.05) is 18.4 Å². The molecule has 3 heterocycles. The predicted octanol–water partition coefficient (Wildman–Crippen LogP) is 5.21. The number of carbonyl (C=O) groups is 2. The van der Waals surface area contributed by atoms with Crippen molar-refractivity contribution in [1.82, 2.24) is 15.2 Å². The number of furan rings is 1. The number of anilines is 1. The van der Waals surface area contributed by atoms with E-state index in [9.17, 15) is 19.8 Å². The Morgan fingerprint density at radius 1 is 0.974 bits per heavy atom. The van der Waals surface area contributed by atoms with Crippen LogP contribution in [0.3, 0.4) is 0 Å². The molecule has 0 saturated carbocycles. The molecular formula is C29H26N4O5S. The Labute approximate surface area is 230 Å². The summed E-state index contributed by atoms with van der Waals surface area (Å²) in [4.78, 5) is 29.8. The maximum absolute atomic E-state index is 11.6. The van der Waals surface area contributed by atoms with Crippen molar-refractivity contribution in [3.63, 3.8) is 0 Å². The molecule has 2 atom stereocenters. The number of aromatic nitrogens is 1. The van der Waals surface area contributed by atoms with E-state index in [4.69, 9.17) is 16.6 Å². The maximum Gasteiger partial charge on any atom is 0.335 e. The van der Waals surface area contributed by atoms with E-state index in [-0.39, 0.29) is 23.2 Å². The third kappa shape index (κ3) is 5.75. The van der Waals surface area contributed by atoms with Gasteiger partial charge in [-0.05, 0) is 73.2 Å². The van der Waals surface area contributed by atoms with Crippen LogP contribution in [0.15, 0.2) is 89.5 Å². The number of nitrogens with one attached hydrogen (secondary N) is 2. The van der Waals surface area contributed by atoms with Crippen LogP contribution in [0, 0.1) is 0 Å². The zero-order valence-corrected chi connectivity index (χ0v) is 21.6. The molecule has 198 valence electrons. The Kier molecular flexibility index (Phi) is 7.55. The molecule has 10 heteroatoms. The number of hydrogen-bond acceptors (Lipinski definition) is 6. The van der Waals surface area contributed by atoms with Gasteiger partial charge in [0, 0.05) is 30.5 Å². The number of aromatic carboxylic acids is 2. The van der Waals surface area contributed by atoms with Crippen molar-refractivity contribution in [1.29, 1.82) is 0 Å². The minimum Gasteiger partial charge on any atom is -0.478 e. The van der Waals surface area contributed by atoms with E-state index >= 15 is 0 Å². The van der Waals surface area contributed by atoms with Gasteiger partial charge in [0.05, 0.1) is 22.9 Å². The van der Waals surface area contributed by atoms with Crippen molar-refractivity contribution >= 4 is 35.0 Å². The van der Waals surface area contributed by atoms with Crippen molar-refractivity contribution in [2.24, 2.45) is 0 Å². The molecule has 2 aromatic carbocycles. The SMILES string of the molecule is O=C(O)c1cc(C(=O)O)cc(-c2ccc(C3C(c4ccccn4)NC(=S)N3CCCNc3ccccc3)o2)c1. The monoisotopic (exact) mass is 542 g/mol. The van der Waals surface area contributed by atoms with Crippen molar-refractivity contribution < 1.29 is 24.2 Å². The molecule has 1 aliphatic heterocycles. The van der Waals surface area contributed by atoms with Crippen LogP contribution in [0.25, 0.3) is 11.3 Å². The van der Waals surface area contributed by atoms with Gasteiger partial charge in [0.1, 0.15) is 17.6 Å². The third-order valence-electron chi connectivity index (χ3n) is 6.51. The minimum atomic E-state index is -1.22. The van der Waals surface area contributed by atoms with Crippen LogP contribution < -0.4 is 10.6 Å². The zero-order valence-electron chi connectivity index (χ0n) is 20.8. The number of hydrogen-bond donors (Lipinski definition) is 4. The molecule has 0 aliphatic carbocycles. The van der Waals surface area contributed by atoms with Crippen LogP contribution in [0.5, 0.6) is 0 Å². The highest BCUT2D eigenvalue weighted by molar-refractivity contribution is 7.80. The number of para-hydroxylation sites is 1. The standard InChI is InChI=1S/C29H26N4O5S/c34-27(35)19-15-18(16-20(17-19)28(36)37)23-10-11-24(38-23)26-25(22-9-4-5-12-31-22)32-29(39)33(26)14-6-13-30-21-7-2-1-3-8-21/h1-5,7-12,15-17,25-26,30H,6,13-14H2,(H,32,39)(H,34,35)(H,36,37). The second kappa shape index (κ2) is 11.4. The van der Waals surface area contributed by atoms with Gasteiger partial charge in [-0.2, -0.15) is 0 Å². The summed E-state index contributed by atoms with van der Waals surface area (Å²) in [5.74, 6) is -1.48. The van der Waals surface area contributed by atoms with E-state index in [0.29, 0.717) is 28.7 Å². The average Bonchev–Trinajstić information content (AvgIpc) is 3.56. The predicted molar refractivity (Wildman–Crippen MR) is 150 cm³/mol. The Bertz CT molecular complexity index is 1460. The van der Waals surface area contributed by atoms with Gasteiger partial charge in [0.2, 0.25) is 0 Å². The summed E-state index contributed by atoms with van der Waals surface area (Å²) < 4.78 is 6.26. The summed E-state index contributed by atoms with van der Waals surface area (Å²) in [5.41, 5.74) is 1.94. The number of pyridine rings is 1. The van der Waals surface area contributed by atoms with Crippen LogP contribution in [0.1, 0.15) is 50.7 Å². The molecule has 1 aliphatic rings. The Morgan fingerprint density at radius 3 is 2.36 bits per heavy atom. The van der Waals surface area contributed by atoms with Crippen molar-refractivity contribution in [3.05, 3.63) is 108 Å². The third-order valence-corrected chi connectivity index (χ3v) is 6.86. The molecule has 0 amide bonds. The average molecular weight is 543 g/mol. The first-order valence-electron chi connectivity index (χ1n) is 12.4. The fraction of sp³-hybridized carbons (Fsp3) is 0.172. The minimum absolute atomic E-state index is 0.134. The molecule has 2 unspecified atom stereocenters. The molecule has 4 aromatic rings. The first-order valence-corrected chi connectivity index (χ1v) is 12.8. The normalized spacial score (nSPS) is 16.6. The van der Waals surface area contributed by atoms with Gasteiger partial charge in [-0.15, -0.1) is 0 Å². The molecule has 39 heavy (non-hydrogen) atoms. The van der Waals surface area contributed by atoms with Crippen LogP contribution in [-0.4, -0.2) is 50.2 Å². The summed E-state index contributed by atoms with van der Waals surface area (Å²) >= 11 is 5.72. The quantitative estimate of drug-likeness (QED) is 0.157. The number of nitrogens with zero attached hydrogens (tertiary/aromatic N) is 2. The lowest BCUT2D eigenvalue weighted by Crippen LogP contribution is -2.31. The number of rotatable bonds is 10. The van der Waals surface area contributed by atoms with E-state index in [1.165, 1.54) is 12.1 Å². The lowest BCUT2D eigenvalue weighted by molar-refractivity contribution is 0.0696. The highest BCUT2D eigenvalue weighted by atomic mass is 32.1. The van der Waals surface area contributed by atoms with Gasteiger partial charge >= 0.3 is 11.9 Å². The van der Waals surface area contributed by atoms with Crippen LogP contribution in [0.2, 0.25) is 0 Å². The highest BCUT2D eigenvalue weighted by Crippen LogP contribution is 2.40. The van der Waals surface area contributed by atoms with E-state index in [0.717, 1.165) is 30.4 Å². The van der Waals surface area contributed by atoms with Crippen molar-refractivity contribution in [3.8, 4) is 11.3 Å². The molecule has 0 radical (unpaired) electrons. The second-order valence-electron chi connectivity index (χ2n) is 9.08. The molecule has 1 saturated heterocycles. The smallest absolute Gasteiger partial charge is 0.335 e. The lowest BCUT2D eigenvalue weighted by Gasteiger charge is -2.26. The van der Waals surface area contributed by atoms with Crippen LogP contribution >= 0.6 is 12.2 Å². The summed E-state index contributed by atoms with van der Waals surface area (Å²) in [6, 6.07) is 22.5. The molecule has 2 aromatic heterocycles. The fourth-order valence-corrected chi connectivity index (χ4v) is 5.01. The Balaban J connectivity index is 1.43. The van der Waals surface area contributed by atoms with Gasteiger partial charge in [-0.3, -0.25) is 4.98 Å². The summed E-state index contributed by atoms with van der Waals surface area (Å²) in [7, 11) is 0.